The second-order valence-electron chi connectivity index (χ2n) is 8.50. The number of amides is 1. The third-order valence-electron chi connectivity index (χ3n) is 5.15. The molecule has 0 saturated heterocycles. The molecule has 1 amide bonds. The van der Waals surface area contributed by atoms with Crippen LogP contribution in [0.4, 0.5) is 22.2 Å². The molecule has 4 aromatic rings. The number of anilines is 3. The van der Waals surface area contributed by atoms with E-state index < -0.39 is 6.09 Å². The van der Waals surface area contributed by atoms with Crippen molar-refractivity contribution < 1.29 is 19.1 Å². The molecule has 2 heterocycles. The van der Waals surface area contributed by atoms with E-state index in [0.29, 0.717) is 34.1 Å². The quantitative estimate of drug-likeness (QED) is 0.346. The molecule has 33 heavy (non-hydrogen) atoms. The van der Waals surface area contributed by atoms with Crippen LogP contribution in [0.25, 0.3) is 11.1 Å². The second-order valence-corrected chi connectivity index (χ2v) is 8.50. The molecule has 0 spiro atoms. The summed E-state index contributed by atoms with van der Waals surface area (Å²) in [7, 11) is 0. The van der Waals surface area contributed by atoms with Crippen LogP contribution in [0.3, 0.4) is 0 Å². The first kappa shape index (κ1) is 22.1. The van der Waals surface area contributed by atoms with E-state index in [4.69, 9.17) is 9.15 Å². The van der Waals surface area contributed by atoms with Gasteiger partial charge in [0.05, 0.1) is 5.69 Å². The molecular formula is C25H26N4O4. The lowest BCUT2D eigenvalue weighted by Gasteiger charge is -2.22. The number of hydrogen-bond donors (Lipinski definition) is 2. The molecule has 0 aliphatic rings. The van der Waals surface area contributed by atoms with Crippen molar-refractivity contribution in [2.24, 2.45) is 0 Å². The smallest absolute Gasteiger partial charge is 0.411 e. The highest BCUT2D eigenvalue weighted by Gasteiger charge is 2.21. The lowest BCUT2D eigenvalue weighted by atomic mass is 9.86. The van der Waals surface area contributed by atoms with Gasteiger partial charge in [-0.1, -0.05) is 45.0 Å². The molecule has 0 atom stereocenters. The normalized spacial score (nSPS) is 11.4. The molecular weight excluding hydrogens is 420 g/mol. The molecule has 0 aliphatic heterocycles. The third-order valence-corrected chi connectivity index (χ3v) is 5.15. The van der Waals surface area contributed by atoms with Crippen LogP contribution in [0, 0.1) is 0 Å². The van der Waals surface area contributed by atoms with E-state index in [-0.39, 0.29) is 18.0 Å². The molecule has 8 heteroatoms. The molecule has 0 fully saturated rings. The number of rotatable bonds is 6. The zero-order chi connectivity index (χ0) is 23.6. The minimum absolute atomic E-state index is 0.106. The number of carboxylic acid groups (broad SMARTS) is 1. The Kier molecular flexibility index (Phi) is 5.91. The highest BCUT2D eigenvalue weighted by molar-refractivity contribution is 5.97. The summed E-state index contributed by atoms with van der Waals surface area (Å²) in [6.07, 6.45) is 0.596. The zero-order valence-corrected chi connectivity index (χ0v) is 19.0. The molecule has 4 rings (SSSR count). The number of fused-ring (bicyclic) bond motifs is 1. The number of aromatic nitrogens is 2. The van der Waals surface area contributed by atoms with Gasteiger partial charge < -0.3 is 19.6 Å². The van der Waals surface area contributed by atoms with E-state index in [1.807, 2.05) is 30.3 Å². The van der Waals surface area contributed by atoms with Gasteiger partial charge >= 0.3 is 6.09 Å². The first-order chi connectivity index (χ1) is 15.8. The summed E-state index contributed by atoms with van der Waals surface area (Å²) in [6.45, 7) is 8.43. The molecule has 2 aromatic heterocycles. The minimum Gasteiger partial charge on any atom is -0.465 e. The molecule has 2 aromatic carbocycles. The summed E-state index contributed by atoms with van der Waals surface area (Å²) < 4.78 is 12.0. The third kappa shape index (κ3) is 4.59. The van der Waals surface area contributed by atoms with Crippen LogP contribution in [0.1, 0.15) is 33.3 Å². The first-order valence-electron chi connectivity index (χ1n) is 10.7. The van der Waals surface area contributed by atoms with Gasteiger partial charge in [0.25, 0.3) is 6.01 Å². The summed E-state index contributed by atoms with van der Waals surface area (Å²) in [4.78, 5) is 21.7. The fourth-order valence-electron chi connectivity index (χ4n) is 3.58. The van der Waals surface area contributed by atoms with Gasteiger partial charge in [-0.25, -0.2) is 9.78 Å². The highest BCUT2D eigenvalue weighted by atomic mass is 16.5. The number of oxazole rings is 1. The number of para-hydroxylation sites is 2. The van der Waals surface area contributed by atoms with Gasteiger partial charge in [-0.05, 0) is 42.7 Å². The van der Waals surface area contributed by atoms with Crippen molar-refractivity contribution in [3.63, 3.8) is 0 Å². The van der Waals surface area contributed by atoms with Crippen molar-refractivity contribution in [1.29, 1.82) is 0 Å². The van der Waals surface area contributed by atoms with Crippen LogP contribution in [0.2, 0.25) is 0 Å². The van der Waals surface area contributed by atoms with E-state index in [1.165, 1.54) is 4.90 Å². The minimum atomic E-state index is -1.05. The van der Waals surface area contributed by atoms with E-state index in [1.54, 1.807) is 37.4 Å². The number of pyridine rings is 1. The van der Waals surface area contributed by atoms with Crippen molar-refractivity contribution in [2.45, 2.75) is 33.1 Å². The van der Waals surface area contributed by atoms with Gasteiger partial charge in [0.1, 0.15) is 17.0 Å². The van der Waals surface area contributed by atoms with E-state index >= 15 is 0 Å². The average molecular weight is 447 g/mol. The Balaban J connectivity index is 1.68. The summed E-state index contributed by atoms with van der Waals surface area (Å²) in [5.41, 5.74) is 2.90. The lowest BCUT2D eigenvalue weighted by molar-refractivity contribution is 0.202. The SMILES string of the molecule is CCN(C(=O)O)c1cccc2oc(Nc3cccnc3Oc3ccccc3C(C)(C)C)nc12. The number of carbonyl (C=O) groups is 1. The Morgan fingerprint density at radius 3 is 2.64 bits per heavy atom. The maximum atomic E-state index is 11.6. The maximum Gasteiger partial charge on any atom is 0.411 e. The lowest BCUT2D eigenvalue weighted by Crippen LogP contribution is -2.28. The van der Waals surface area contributed by atoms with Crippen LogP contribution in [0.5, 0.6) is 11.6 Å². The Bertz CT molecular complexity index is 1290. The fraction of sp³-hybridized carbons (Fsp3) is 0.240. The zero-order valence-electron chi connectivity index (χ0n) is 19.0. The summed E-state index contributed by atoms with van der Waals surface area (Å²) >= 11 is 0. The van der Waals surface area contributed by atoms with Gasteiger partial charge in [-0.15, -0.1) is 0 Å². The van der Waals surface area contributed by atoms with Crippen LogP contribution in [0.15, 0.2) is 65.2 Å². The number of nitrogens with zero attached hydrogens (tertiary/aromatic N) is 3. The van der Waals surface area contributed by atoms with Crippen LogP contribution in [-0.4, -0.2) is 27.7 Å². The van der Waals surface area contributed by atoms with Crippen LogP contribution < -0.4 is 15.0 Å². The van der Waals surface area contributed by atoms with Gasteiger partial charge in [-0.3, -0.25) is 4.90 Å². The predicted molar refractivity (Wildman–Crippen MR) is 128 cm³/mol. The van der Waals surface area contributed by atoms with E-state index in [9.17, 15) is 9.90 Å². The molecule has 0 unspecified atom stereocenters. The van der Waals surface area contributed by atoms with Gasteiger partial charge in [0.15, 0.2) is 5.58 Å². The molecule has 0 saturated carbocycles. The second kappa shape index (κ2) is 8.82. The first-order valence-corrected chi connectivity index (χ1v) is 10.7. The molecule has 0 aliphatic carbocycles. The summed E-state index contributed by atoms with van der Waals surface area (Å²) in [5.74, 6) is 1.09. The number of nitrogens with one attached hydrogen (secondary N) is 1. The molecule has 0 radical (unpaired) electrons. The standard InChI is InChI=1S/C25H26N4O4/c1-5-29(24(30)31)18-12-8-14-20-21(18)28-23(33-20)27-17-11-9-15-26-22(17)32-19-13-7-6-10-16(19)25(2,3)4/h6-15H,5H2,1-4H3,(H,27,28)(H,30,31). The Hall–Kier alpha value is -4.07. The summed E-state index contributed by atoms with van der Waals surface area (Å²) in [6, 6.07) is 16.8. The van der Waals surface area contributed by atoms with Gasteiger partial charge in [-0.2, -0.15) is 4.98 Å². The van der Waals surface area contributed by atoms with Crippen molar-refractivity contribution in [3.05, 3.63) is 66.4 Å². The molecule has 0 bridgehead atoms. The predicted octanol–water partition coefficient (Wildman–Crippen LogP) is 6.56. The summed E-state index contributed by atoms with van der Waals surface area (Å²) in [5, 5.41) is 12.6. The van der Waals surface area contributed by atoms with E-state index in [0.717, 1.165) is 5.56 Å². The highest BCUT2D eigenvalue weighted by Crippen LogP contribution is 2.37. The monoisotopic (exact) mass is 446 g/mol. The van der Waals surface area contributed by atoms with Crippen molar-refractivity contribution in [2.75, 3.05) is 16.8 Å². The van der Waals surface area contributed by atoms with E-state index in [2.05, 4.69) is 36.1 Å². The van der Waals surface area contributed by atoms with Crippen molar-refractivity contribution in [3.8, 4) is 11.6 Å². The van der Waals surface area contributed by atoms with Gasteiger partial charge in [0.2, 0.25) is 5.88 Å². The number of hydrogen-bond acceptors (Lipinski definition) is 6. The topological polar surface area (TPSA) is 101 Å². The Labute approximate surface area is 191 Å². The number of benzene rings is 2. The number of ether oxygens (including phenoxy) is 1. The Morgan fingerprint density at radius 2 is 1.91 bits per heavy atom. The van der Waals surface area contributed by atoms with Crippen LogP contribution >= 0.6 is 0 Å². The van der Waals surface area contributed by atoms with Crippen molar-refractivity contribution >= 4 is 34.6 Å². The molecule has 8 nitrogen and oxygen atoms in total. The van der Waals surface area contributed by atoms with Gasteiger partial charge in [0, 0.05) is 18.3 Å². The molecule has 2 N–H and O–H groups in total. The van der Waals surface area contributed by atoms with Crippen LogP contribution in [-0.2, 0) is 5.41 Å². The van der Waals surface area contributed by atoms with Crippen molar-refractivity contribution in [1.82, 2.24) is 9.97 Å². The molecule has 170 valence electrons. The maximum absolute atomic E-state index is 11.6. The Morgan fingerprint density at radius 1 is 1.12 bits per heavy atom. The average Bonchev–Trinajstić information content (AvgIpc) is 3.18. The fourth-order valence-corrected chi connectivity index (χ4v) is 3.58. The largest absolute Gasteiger partial charge is 0.465 e.